The summed E-state index contributed by atoms with van der Waals surface area (Å²) in [5, 5.41) is 8.24. The molecule has 0 aromatic carbocycles. The monoisotopic (exact) mass is 271 g/mol. The second kappa shape index (κ2) is 3.48. The van der Waals surface area contributed by atoms with Crippen LogP contribution in [0.25, 0.3) is 0 Å². The summed E-state index contributed by atoms with van der Waals surface area (Å²) in [6.07, 6.45) is 0. The third kappa shape index (κ3) is 3.10. The van der Waals surface area contributed by atoms with Crippen molar-refractivity contribution in [3.63, 3.8) is 0 Å². The van der Waals surface area contributed by atoms with Crippen molar-refractivity contribution >= 4 is 4.02 Å². The van der Waals surface area contributed by atoms with Crippen LogP contribution in [0.4, 0.5) is 0 Å². The molecular formula is C4H9NOW. The summed E-state index contributed by atoms with van der Waals surface area (Å²) in [5.74, 6) is 0.458. The van der Waals surface area contributed by atoms with Gasteiger partial charge in [0.1, 0.15) is 0 Å². The standard InChI is InChI=1S/C4H9NO.W/c1-4(2)3-5-6;/h4-6H,1-2H3;. The van der Waals surface area contributed by atoms with E-state index in [-0.39, 0.29) is 0 Å². The molecule has 0 heterocycles. The first-order valence-electron chi connectivity index (χ1n) is 2.12. The van der Waals surface area contributed by atoms with Crippen LogP contribution in [0.2, 0.25) is 0 Å². The molecule has 7 heavy (non-hydrogen) atoms. The van der Waals surface area contributed by atoms with Gasteiger partial charge in [-0.15, -0.1) is 0 Å². The van der Waals surface area contributed by atoms with E-state index >= 15 is 0 Å². The topological polar surface area (TPSA) is 32.3 Å². The first kappa shape index (κ1) is 7.48. The molecule has 0 aromatic rings. The summed E-state index contributed by atoms with van der Waals surface area (Å²) in [6.45, 7) is 4.07. The summed E-state index contributed by atoms with van der Waals surface area (Å²) < 4.78 is 0.986. The zero-order valence-corrected chi connectivity index (χ0v) is 7.37. The summed E-state index contributed by atoms with van der Waals surface area (Å²) in [5.41, 5.74) is 2.12. The van der Waals surface area contributed by atoms with Crippen LogP contribution in [-0.4, -0.2) is 9.23 Å². The van der Waals surface area contributed by atoms with E-state index in [4.69, 9.17) is 5.21 Å². The molecule has 3 heteroatoms. The second-order valence-corrected chi connectivity index (χ2v) is 3.21. The Morgan fingerprint density at radius 3 is 2.14 bits per heavy atom. The van der Waals surface area contributed by atoms with Gasteiger partial charge in [-0.2, -0.15) is 0 Å². The van der Waals surface area contributed by atoms with Gasteiger partial charge in [0.2, 0.25) is 0 Å². The summed E-state index contributed by atoms with van der Waals surface area (Å²) in [7, 11) is 0. The fourth-order valence-electron chi connectivity index (χ4n) is 0.129. The molecule has 0 unspecified atom stereocenters. The molecule has 0 saturated heterocycles. The van der Waals surface area contributed by atoms with Gasteiger partial charge in [0.15, 0.2) is 0 Å². The fourth-order valence-corrected chi connectivity index (χ4v) is 0.129. The van der Waals surface area contributed by atoms with Gasteiger partial charge in [0.05, 0.1) is 0 Å². The molecule has 2 nitrogen and oxygen atoms in total. The summed E-state index contributed by atoms with van der Waals surface area (Å²) >= 11 is 1.30. The van der Waals surface area contributed by atoms with Crippen molar-refractivity contribution in [1.29, 1.82) is 0 Å². The van der Waals surface area contributed by atoms with Gasteiger partial charge < -0.3 is 0 Å². The van der Waals surface area contributed by atoms with Crippen molar-refractivity contribution in [2.24, 2.45) is 5.92 Å². The Hall–Kier alpha value is 0.478. The summed E-state index contributed by atoms with van der Waals surface area (Å²) in [6, 6.07) is 0. The molecule has 0 atom stereocenters. The van der Waals surface area contributed by atoms with Crippen LogP contribution in [0.5, 0.6) is 0 Å². The van der Waals surface area contributed by atoms with Crippen molar-refractivity contribution in [3.8, 4) is 0 Å². The number of rotatable bonds is 2. The molecule has 0 aliphatic rings. The molecule has 0 aromatic heterocycles. The number of hydrogen-bond acceptors (Lipinski definition) is 2. The Morgan fingerprint density at radius 2 is 2.14 bits per heavy atom. The van der Waals surface area contributed by atoms with Crippen molar-refractivity contribution < 1.29 is 24.6 Å². The van der Waals surface area contributed by atoms with Gasteiger partial charge in [0, 0.05) is 0 Å². The molecule has 0 bridgehead atoms. The number of nitrogens with one attached hydrogen (secondary N) is 1. The molecule has 0 spiro atoms. The van der Waals surface area contributed by atoms with Crippen LogP contribution >= 0.6 is 0 Å². The predicted molar refractivity (Wildman–Crippen MR) is 24.8 cm³/mol. The molecule has 0 radical (unpaired) electrons. The van der Waals surface area contributed by atoms with Crippen LogP contribution in [0.15, 0.2) is 0 Å². The Balaban J connectivity index is 3.35. The molecule has 0 saturated carbocycles. The van der Waals surface area contributed by atoms with E-state index in [9.17, 15) is 0 Å². The molecule has 0 aliphatic carbocycles. The normalized spacial score (nSPS) is 9.71. The maximum atomic E-state index is 8.24. The van der Waals surface area contributed by atoms with Crippen molar-refractivity contribution in [2.45, 2.75) is 13.8 Å². The first-order chi connectivity index (χ1) is 3.18. The Bertz CT molecular complexity index is 72.1. The van der Waals surface area contributed by atoms with E-state index in [1.54, 1.807) is 0 Å². The fraction of sp³-hybridized carbons (Fsp3) is 0.750. The Kier molecular flexibility index (Phi) is 3.71. The van der Waals surface area contributed by atoms with E-state index in [1.165, 1.54) is 19.4 Å². The van der Waals surface area contributed by atoms with Crippen LogP contribution in [0, 0.1) is 5.92 Å². The van der Waals surface area contributed by atoms with E-state index < -0.39 is 0 Å². The van der Waals surface area contributed by atoms with Crippen LogP contribution in [-0.2, 0) is 19.4 Å². The average Bonchev–Trinajstić information content (AvgIpc) is 1.65. The van der Waals surface area contributed by atoms with E-state index in [0.29, 0.717) is 5.92 Å². The zero-order chi connectivity index (χ0) is 5.86. The Morgan fingerprint density at radius 1 is 1.71 bits per heavy atom. The molecule has 0 fully saturated rings. The molecule has 0 rings (SSSR count). The average molecular weight is 271 g/mol. The third-order valence-electron chi connectivity index (χ3n) is 0.635. The first-order valence-corrected chi connectivity index (χ1v) is 3.59. The van der Waals surface area contributed by atoms with Crippen molar-refractivity contribution in [1.82, 2.24) is 5.48 Å². The van der Waals surface area contributed by atoms with Crippen molar-refractivity contribution in [3.05, 3.63) is 0 Å². The van der Waals surface area contributed by atoms with Crippen LogP contribution in [0.1, 0.15) is 13.8 Å². The van der Waals surface area contributed by atoms with Crippen LogP contribution in [0.3, 0.4) is 0 Å². The molecule has 42 valence electrons. The van der Waals surface area contributed by atoms with E-state index in [1.807, 2.05) is 13.8 Å². The maximum absolute atomic E-state index is 8.24. The molecule has 0 amide bonds. The van der Waals surface area contributed by atoms with E-state index in [0.717, 1.165) is 4.02 Å². The van der Waals surface area contributed by atoms with Gasteiger partial charge in [0.25, 0.3) is 0 Å². The predicted octanol–water partition coefficient (Wildman–Crippen LogP) is 0.298. The Labute approximate surface area is 54.3 Å². The van der Waals surface area contributed by atoms with Gasteiger partial charge in [-0.05, 0) is 0 Å². The molecule has 0 aliphatic heterocycles. The zero-order valence-electron chi connectivity index (χ0n) is 4.43. The number of hydroxylamine groups is 1. The van der Waals surface area contributed by atoms with Gasteiger partial charge in [-0.25, -0.2) is 0 Å². The minimum atomic E-state index is 0.458. The molecule has 2 N–H and O–H groups in total. The van der Waals surface area contributed by atoms with Gasteiger partial charge in [-0.3, -0.25) is 0 Å². The summed E-state index contributed by atoms with van der Waals surface area (Å²) in [4.78, 5) is 0. The second-order valence-electron chi connectivity index (χ2n) is 1.63. The van der Waals surface area contributed by atoms with Crippen LogP contribution < -0.4 is 5.48 Å². The minimum absolute atomic E-state index is 0.458. The van der Waals surface area contributed by atoms with Gasteiger partial charge in [-0.1, -0.05) is 0 Å². The SMILES string of the molecule is CC(C)[C](=[W])NO. The van der Waals surface area contributed by atoms with Gasteiger partial charge >= 0.3 is 53.8 Å². The van der Waals surface area contributed by atoms with E-state index in [2.05, 4.69) is 5.48 Å². The molecular weight excluding hydrogens is 262 g/mol. The number of hydrogen-bond donors (Lipinski definition) is 2. The third-order valence-corrected chi connectivity index (χ3v) is 2.66. The van der Waals surface area contributed by atoms with Crippen molar-refractivity contribution in [2.75, 3.05) is 0 Å². The quantitative estimate of drug-likeness (QED) is 0.708.